The number of aromatic nitrogens is 3. The molecular formula is C6H7ClFN3O2S. The second-order valence-corrected chi connectivity index (χ2v) is 5.95. The molecule has 1 aliphatic rings. The molecule has 2 atom stereocenters. The molecule has 1 N–H and O–H groups in total. The lowest BCUT2D eigenvalue weighted by Crippen LogP contribution is -2.07. The summed E-state index contributed by atoms with van der Waals surface area (Å²) in [6.45, 7) is 1.64. The lowest BCUT2D eigenvalue weighted by molar-refractivity contribution is 0.424. The molecule has 0 radical (unpaired) electrons. The quantitative estimate of drug-likeness (QED) is 0.772. The van der Waals surface area contributed by atoms with Crippen molar-refractivity contribution in [2.24, 2.45) is 0 Å². The average molecular weight is 240 g/mol. The number of rotatable bonds is 2. The number of hydrogen-bond donors (Lipinski definition) is 1. The molecule has 0 aliphatic heterocycles. The summed E-state index contributed by atoms with van der Waals surface area (Å²) < 4.78 is 34.5. The fourth-order valence-corrected chi connectivity index (χ4v) is 1.73. The van der Waals surface area contributed by atoms with Crippen LogP contribution < -0.4 is 0 Å². The lowest BCUT2D eigenvalue weighted by Gasteiger charge is -2.00. The SMILES string of the molecule is CC1(c2nc(S(=O)(=O)Cl)n[nH]2)CC1F. The first-order chi connectivity index (χ1) is 6.34. The Bertz CT molecular complexity index is 473. The van der Waals surface area contributed by atoms with E-state index in [1.807, 2.05) is 0 Å². The highest BCUT2D eigenvalue weighted by Crippen LogP contribution is 2.48. The molecule has 2 unspecified atom stereocenters. The van der Waals surface area contributed by atoms with E-state index in [4.69, 9.17) is 10.7 Å². The van der Waals surface area contributed by atoms with E-state index in [1.54, 1.807) is 6.92 Å². The summed E-state index contributed by atoms with van der Waals surface area (Å²) in [6, 6.07) is 0. The molecule has 1 fully saturated rings. The van der Waals surface area contributed by atoms with Gasteiger partial charge in [0, 0.05) is 10.7 Å². The number of H-pyrrole nitrogens is 1. The van der Waals surface area contributed by atoms with Crippen LogP contribution in [0, 0.1) is 0 Å². The number of hydrogen-bond acceptors (Lipinski definition) is 4. The molecule has 0 saturated heterocycles. The van der Waals surface area contributed by atoms with Gasteiger partial charge in [0.05, 0.1) is 5.41 Å². The Morgan fingerprint density at radius 3 is 2.64 bits per heavy atom. The van der Waals surface area contributed by atoms with Crippen LogP contribution in [0.5, 0.6) is 0 Å². The summed E-state index contributed by atoms with van der Waals surface area (Å²) in [5.74, 6) is 0.226. The maximum atomic E-state index is 12.9. The zero-order valence-corrected chi connectivity index (χ0v) is 8.73. The van der Waals surface area contributed by atoms with Gasteiger partial charge in [-0.15, -0.1) is 5.10 Å². The van der Waals surface area contributed by atoms with Crippen LogP contribution in [0.15, 0.2) is 5.16 Å². The Morgan fingerprint density at radius 2 is 2.29 bits per heavy atom. The highest BCUT2D eigenvalue weighted by Gasteiger charge is 2.55. The third-order valence-corrected chi connectivity index (χ3v) is 3.39. The van der Waals surface area contributed by atoms with Gasteiger partial charge in [-0.2, -0.15) is 0 Å². The van der Waals surface area contributed by atoms with Gasteiger partial charge in [-0.05, 0) is 13.3 Å². The standard InChI is InChI=1S/C6H7ClFN3O2S/c1-6(2-3(6)8)4-9-5(11-10-4)14(7,12)13/h3H,2H2,1H3,(H,9,10,11). The normalized spacial score (nSPS) is 31.8. The summed E-state index contributed by atoms with van der Waals surface area (Å²) in [4.78, 5) is 3.64. The Morgan fingerprint density at radius 1 is 1.71 bits per heavy atom. The summed E-state index contributed by atoms with van der Waals surface area (Å²) in [7, 11) is 1.08. The number of halogens is 2. The van der Waals surface area contributed by atoms with Crippen molar-refractivity contribution in [2.45, 2.75) is 30.1 Å². The van der Waals surface area contributed by atoms with E-state index in [0.29, 0.717) is 6.42 Å². The van der Waals surface area contributed by atoms with Crippen LogP contribution in [0.25, 0.3) is 0 Å². The molecule has 5 nitrogen and oxygen atoms in total. The van der Waals surface area contributed by atoms with Crippen molar-refractivity contribution in [2.75, 3.05) is 0 Å². The summed E-state index contributed by atoms with van der Waals surface area (Å²) in [5.41, 5.74) is -0.729. The number of aromatic amines is 1. The van der Waals surface area contributed by atoms with E-state index in [-0.39, 0.29) is 5.82 Å². The molecule has 14 heavy (non-hydrogen) atoms. The molecule has 78 valence electrons. The van der Waals surface area contributed by atoms with Crippen molar-refractivity contribution in [3.63, 3.8) is 0 Å². The van der Waals surface area contributed by atoms with E-state index in [2.05, 4.69) is 15.2 Å². The predicted octanol–water partition coefficient (Wildman–Crippen LogP) is 0.732. The minimum Gasteiger partial charge on any atom is -0.261 e. The van der Waals surface area contributed by atoms with Crippen molar-refractivity contribution < 1.29 is 12.8 Å². The van der Waals surface area contributed by atoms with Gasteiger partial charge in [0.2, 0.25) is 0 Å². The summed E-state index contributed by atoms with van der Waals surface area (Å²) in [5, 5.41) is 5.28. The monoisotopic (exact) mass is 239 g/mol. The molecule has 1 heterocycles. The topological polar surface area (TPSA) is 75.7 Å². The van der Waals surface area contributed by atoms with Gasteiger partial charge in [-0.1, -0.05) is 0 Å². The largest absolute Gasteiger partial charge is 0.298 e. The molecule has 1 aliphatic carbocycles. The Hall–Kier alpha value is -0.690. The second kappa shape index (κ2) is 2.66. The zero-order chi connectivity index (χ0) is 10.6. The molecule has 8 heteroatoms. The molecule has 1 aromatic heterocycles. The first kappa shape index (κ1) is 9.85. The van der Waals surface area contributed by atoms with Crippen LogP contribution in [0.1, 0.15) is 19.2 Å². The molecule has 0 spiro atoms. The summed E-state index contributed by atoms with van der Waals surface area (Å²) in [6.07, 6.45) is -0.675. The fraction of sp³-hybridized carbons (Fsp3) is 0.667. The van der Waals surface area contributed by atoms with Gasteiger partial charge < -0.3 is 0 Å². The Kier molecular flexibility index (Phi) is 1.87. The average Bonchev–Trinajstić information content (AvgIpc) is 2.52. The third-order valence-electron chi connectivity index (χ3n) is 2.36. The van der Waals surface area contributed by atoms with Crippen LogP contribution in [0.4, 0.5) is 4.39 Å². The molecule has 1 saturated carbocycles. The molecular weight excluding hydrogens is 233 g/mol. The lowest BCUT2D eigenvalue weighted by atomic mass is 10.1. The van der Waals surface area contributed by atoms with Crippen molar-refractivity contribution in [3.05, 3.63) is 5.82 Å². The van der Waals surface area contributed by atoms with Crippen LogP contribution in [0.3, 0.4) is 0 Å². The van der Waals surface area contributed by atoms with Crippen molar-refractivity contribution in [1.29, 1.82) is 0 Å². The zero-order valence-electron chi connectivity index (χ0n) is 7.16. The Balaban J connectivity index is 2.37. The maximum Gasteiger partial charge on any atom is 0.298 e. The van der Waals surface area contributed by atoms with Gasteiger partial charge in [-0.25, -0.2) is 17.8 Å². The van der Waals surface area contributed by atoms with Crippen LogP contribution in [-0.2, 0) is 14.5 Å². The smallest absolute Gasteiger partial charge is 0.261 e. The van der Waals surface area contributed by atoms with E-state index in [0.717, 1.165) is 0 Å². The summed E-state index contributed by atoms with van der Waals surface area (Å²) >= 11 is 0. The van der Waals surface area contributed by atoms with Gasteiger partial charge >= 0.3 is 0 Å². The van der Waals surface area contributed by atoms with Crippen LogP contribution in [0.2, 0.25) is 0 Å². The predicted molar refractivity (Wildman–Crippen MR) is 46.3 cm³/mol. The molecule has 2 rings (SSSR count). The molecule has 0 amide bonds. The number of nitrogens with zero attached hydrogens (tertiary/aromatic N) is 2. The van der Waals surface area contributed by atoms with Crippen LogP contribution >= 0.6 is 10.7 Å². The number of alkyl halides is 1. The minimum absolute atomic E-state index is 0.226. The first-order valence-electron chi connectivity index (χ1n) is 3.85. The second-order valence-electron chi connectivity index (χ2n) is 3.49. The highest BCUT2D eigenvalue weighted by molar-refractivity contribution is 8.13. The molecule has 0 aromatic carbocycles. The van der Waals surface area contributed by atoms with Crippen molar-refractivity contribution >= 4 is 19.7 Å². The molecule has 1 aromatic rings. The van der Waals surface area contributed by atoms with E-state index in [1.165, 1.54) is 0 Å². The first-order valence-corrected chi connectivity index (χ1v) is 6.16. The Labute approximate surface area is 84.1 Å². The van der Waals surface area contributed by atoms with Crippen molar-refractivity contribution in [3.8, 4) is 0 Å². The number of nitrogens with one attached hydrogen (secondary N) is 1. The maximum absolute atomic E-state index is 12.9. The van der Waals surface area contributed by atoms with E-state index in [9.17, 15) is 12.8 Å². The fourth-order valence-electron chi connectivity index (χ4n) is 1.17. The molecule has 0 bridgehead atoms. The van der Waals surface area contributed by atoms with Gasteiger partial charge in [0.15, 0.2) is 0 Å². The van der Waals surface area contributed by atoms with E-state index < -0.39 is 25.8 Å². The van der Waals surface area contributed by atoms with Gasteiger partial charge in [-0.3, -0.25) is 5.10 Å². The van der Waals surface area contributed by atoms with Crippen molar-refractivity contribution in [1.82, 2.24) is 15.2 Å². The van der Waals surface area contributed by atoms with E-state index >= 15 is 0 Å². The third kappa shape index (κ3) is 1.40. The highest BCUT2D eigenvalue weighted by atomic mass is 35.7. The minimum atomic E-state index is -3.94. The van der Waals surface area contributed by atoms with Gasteiger partial charge in [0.25, 0.3) is 14.2 Å². The van der Waals surface area contributed by atoms with Crippen LogP contribution in [-0.4, -0.2) is 29.8 Å². The van der Waals surface area contributed by atoms with Gasteiger partial charge in [0.1, 0.15) is 12.0 Å².